The average Bonchev–Trinajstić information content (AvgIpc) is 2.46. The van der Waals surface area contributed by atoms with Crippen LogP contribution in [-0.4, -0.2) is 25.3 Å². The van der Waals surface area contributed by atoms with Gasteiger partial charge in [0, 0.05) is 6.54 Å². The first kappa shape index (κ1) is 14.9. The topological polar surface area (TPSA) is 66.8 Å². The van der Waals surface area contributed by atoms with E-state index in [9.17, 15) is 8.42 Å². The molecule has 0 aromatic heterocycles. The molecule has 2 aromatic rings. The fraction of sp³-hybridized carbons (Fsp3) is 0.250. The second-order valence-electron chi connectivity index (χ2n) is 5.28. The van der Waals surface area contributed by atoms with Crippen LogP contribution in [0.25, 0.3) is 0 Å². The van der Waals surface area contributed by atoms with Crippen molar-refractivity contribution >= 4 is 21.5 Å². The van der Waals surface area contributed by atoms with Crippen LogP contribution >= 0.6 is 0 Å². The number of benzene rings is 2. The molecular formula is C16H17NO4S. The van der Waals surface area contributed by atoms with Crippen LogP contribution in [-0.2, 0) is 10.1 Å². The molecule has 2 aromatic carbocycles. The van der Waals surface area contributed by atoms with E-state index in [1.807, 2.05) is 54.3 Å². The molecule has 0 radical (unpaired) electrons. The van der Waals surface area contributed by atoms with Crippen molar-refractivity contribution in [3.05, 3.63) is 48.0 Å². The van der Waals surface area contributed by atoms with Crippen molar-refractivity contribution < 1.29 is 17.7 Å². The van der Waals surface area contributed by atoms with Gasteiger partial charge in [0.1, 0.15) is 0 Å². The van der Waals surface area contributed by atoms with Gasteiger partial charge in [-0.05, 0) is 37.1 Å². The molecule has 0 saturated carbocycles. The minimum Gasteiger partial charge on any atom is -0.453 e. The number of aryl methyl sites for hydroxylation is 1. The monoisotopic (exact) mass is 319 g/mol. The predicted octanol–water partition coefficient (Wildman–Crippen LogP) is 3.52. The summed E-state index contributed by atoms with van der Waals surface area (Å²) in [6.07, 6.45) is 0.334. The fourth-order valence-corrected chi connectivity index (χ4v) is 3.13. The number of ether oxygens (including phenoxy) is 1. The number of hydrogen-bond donors (Lipinski definition) is 1. The molecule has 1 aliphatic heterocycles. The highest BCUT2D eigenvalue weighted by molar-refractivity contribution is 7.85. The van der Waals surface area contributed by atoms with E-state index >= 15 is 0 Å². The molecule has 116 valence electrons. The number of hydrogen-bond acceptors (Lipinski definition) is 4. The van der Waals surface area contributed by atoms with Gasteiger partial charge in [-0.1, -0.05) is 24.3 Å². The lowest BCUT2D eigenvalue weighted by atomic mass is 10.1. The molecule has 0 atom stereocenters. The third-order valence-corrected chi connectivity index (χ3v) is 4.44. The first-order valence-corrected chi connectivity index (χ1v) is 8.66. The summed E-state index contributed by atoms with van der Waals surface area (Å²) in [5.41, 5.74) is 2.83. The van der Waals surface area contributed by atoms with Crippen molar-refractivity contribution in [2.75, 3.05) is 17.2 Å². The lowest BCUT2D eigenvalue weighted by Crippen LogP contribution is -2.24. The molecule has 0 spiro atoms. The first-order valence-electron chi connectivity index (χ1n) is 7.05. The highest BCUT2D eigenvalue weighted by atomic mass is 32.2. The normalized spacial score (nSPS) is 13.3. The van der Waals surface area contributed by atoms with Crippen molar-refractivity contribution in [3.63, 3.8) is 0 Å². The summed E-state index contributed by atoms with van der Waals surface area (Å²) in [5.74, 6) is 1.28. The van der Waals surface area contributed by atoms with Crippen LogP contribution in [0.4, 0.5) is 11.4 Å². The molecule has 1 aliphatic rings. The summed E-state index contributed by atoms with van der Waals surface area (Å²) in [6, 6.07) is 13.5. The lowest BCUT2D eigenvalue weighted by Gasteiger charge is -2.33. The van der Waals surface area contributed by atoms with Gasteiger partial charge in [0.05, 0.1) is 17.1 Å². The van der Waals surface area contributed by atoms with E-state index in [0.717, 1.165) is 28.4 Å². The van der Waals surface area contributed by atoms with Crippen LogP contribution in [0.2, 0.25) is 0 Å². The summed E-state index contributed by atoms with van der Waals surface area (Å²) in [4.78, 5) is 2.03. The molecule has 6 heteroatoms. The maximum Gasteiger partial charge on any atom is 0.264 e. The Morgan fingerprint density at radius 2 is 1.82 bits per heavy atom. The number of anilines is 2. The third kappa shape index (κ3) is 2.93. The first-order chi connectivity index (χ1) is 10.5. The zero-order valence-corrected chi connectivity index (χ0v) is 13.0. The van der Waals surface area contributed by atoms with Crippen LogP contribution in [0, 0.1) is 6.92 Å². The highest BCUT2D eigenvalue weighted by Crippen LogP contribution is 2.47. The number of fused-ring (bicyclic) bond motifs is 2. The van der Waals surface area contributed by atoms with Gasteiger partial charge in [0.15, 0.2) is 11.5 Å². The van der Waals surface area contributed by atoms with Crippen LogP contribution in [0.15, 0.2) is 42.5 Å². The van der Waals surface area contributed by atoms with E-state index in [2.05, 4.69) is 0 Å². The Morgan fingerprint density at radius 1 is 1.09 bits per heavy atom. The molecule has 0 fully saturated rings. The summed E-state index contributed by atoms with van der Waals surface area (Å²) in [6.45, 7) is 2.46. The molecule has 22 heavy (non-hydrogen) atoms. The Labute approximate surface area is 129 Å². The zero-order chi connectivity index (χ0) is 15.7. The van der Waals surface area contributed by atoms with Gasteiger partial charge < -0.3 is 9.64 Å². The van der Waals surface area contributed by atoms with Gasteiger partial charge in [-0.15, -0.1) is 0 Å². The molecule has 1 N–H and O–H groups in total. The second-order valence-corrected chi connectivity index (χ2v) is 6.86. The maximum absolute atomic E-state index is 10.9. The average molecular weight is 319 g/mol. The molecule has 0 unspecified atom stereocenters. The van der Waals surface area contributed by atoms with Gasteiger partial charge >= 0.3 is 0 Å². The summed E-state index contributed by atoms with van der Waals surface area (Å²) < 4.78 is 36.7. The number of nitrogens with zero attached hydrogens (tertiary/aromatic N) is 1. The minimum atomic E-state index is -3.95. The molecule has 0 amide bonds. The standard InChI is InChI=1S/C16H17NO4S/c1-12-6-4-8-14-16(12)21-15-9-3-2-7-13(15)17(14)10-5-11-22(18,19)20/h2-4,6-9H,5,10-11H2,1H3,(H,18,19,20). The molecule has 3 rings (SSSR count). The second kappa shape index (κ2) is 5.62. The smallest absolute Gasteiger partial charge is 0.264 e. The van der Waals surface area contributed by atoms with Crippen molar-refractivity contribution in [1.82, 2.24) is 0 Å². The van der Waals surface area contributed by atoms with Crippen molar-refractivity contribution in [2.24, 2.45) is 0 Å². The summed E-state index contributed by atoms with van der Waals surface area (Å²) in [5, 5.41) is 0. The Kier molecular flexibility index (Phi) is 3.80. The van der Waals surface area contributed by atoms with E-state index in [1.54, 1.807) is 0 Å². The Bertz CT molecular complexity index is 802. The van der Waals surface area contributed by atoms with Gasteiger partial charge in [-0.25, -0.2) is 0 Å². The number of rotatable bonds is 4. The van der Waals surface area contributed by atoms with E-state index in [1.165, 1.54) is 0 Å². The molecule has 0 saturated heterocycles. The maximum atomic E-state index is 10.9. The largest absolute Gasteiger partial charge is 0.453 e. The summed E-state index contributed by atoms with van der Waals surface area (Å²) in [7, 11) is -3.95. The van der Waals surface area contributed by atoms with Crippen LogP contribution in [0.1, 0.15) is 12.0 Å². The van der Waals surface area contributed by atoms with Gasteiger partial charge in [-0.2, -0.15) is 8.42 Å². The SMILES string of the molecule is Cc1cccc2c1Oc1ccccc1N2CCCS(=O)(=O)O. The van der Waals surface area contributed by atoms with E-state index in [0.29, 0.717) is 13.0 Å². The molecular weight excluding hydrogens is 302 g/mol. The minimum absolute atomic E-state index is 0.256. The summed E-state index contributed by atoms with van der Waals surface area (Å²) >= 11 is 0. The predicted molar refractivity (Wildman–Crippen MR) is 85.7 cm³/mol. The number of para-hydroxylation sites is 3. The van der Waals surface area contributed by atoms with Crippen molar-refractivity contribution in [3.8, 4) is 11.5 Å². The molecule has 0 bridgehead atoms. The Morgan fingerprint density at radius 3 is 2.59 bits per heavy atom. The van der Waals surface area contributed by atoms with Crippen LogP contribution in [0.5, 0.6) is 11.5 Å². The van der Waals surface area contributed by atoms with Crippen molar-refractivity contribution in [1.29, 1.82) is 0 Å². The van der Waals surface area contributed by atoms with Crippen molar-refractivity contribution in [2.45, 2.75) is 13.3 Å². The Hall–Kier alpha value is -2.05. The fourth-order valence-electron chi connectivity index (χ4n) is 2.63. The quantitative estimate of drug-likeness (QED) is 0.873. The van der Waals surface area contributed by atoms with E-state index < -0.39 is 10.1 Å². The third-order valence-electron chi connectivity index (χ3n) is 3.63. The van der Waals surface area contributed by atoms with Gasteiger partial charge in [-0.3, -0.25) is 4.55 Å². The van der Waals surface area contributed by atoms with Crippen LogP contribution in [0.3, 0.4) is 0 Å². The Balaban J connectivity index is 1.96. The van der Waals surface area contributed by atoms with Gasteiger partial charge in [0.25, 0.3) is 10.1 Å². The van der Waals surface area contributed by atoms with E-state index in [4.69, 9.17) is 9.29 Å². The molecule has 0 aliphatic carbocycles. The zero-order valence-electron chi connectivity index (χ0n) is 12.2. The highest BCUT2D eigenvalue weighted by Gasteiger charge is 2.25. The lowest BCUT2D eigenvalue weighted by molar-refractivity contribution is 0.468. The molecule has 1 heterocycles. The van der Waals surface area contributed by atoms with Gasteiger partial charge in [0.2, 0.25) is 0 Å². The van der Waals surface area contributed by atoms with Crippen LogP contribution < -0.4 is 9.64 Å². The van der Waals surface area contributed by atoms with E-state index in [-0.39, 0.29) is 5.75 Å². The molecule has 5 nitrogen and oxygen atoms in total.